The summed E-state index contributed by atoms with van der Waals surface area (Å²) in [5, 5.41) is 3.31. The van der Waals surface area contributed by atoms with Crippen LogP contribution in [0.1, 0.15) is 44.6 Å². The lowest BCUT2D eigenvalue weighted by Crippen LogP contribution is -2.12. The van der Waals surface area contributed by atoms with Gasteiger partial charge in [0.2, 0.25) is 0 Å². The molecule has 0 aliphatic carbocycles. The van der Waals surface area contributed by atoms with Crippen molar-refractivity contribution in [1.82, 2.24) is 9.97 Å². The Morgan fingerprint density at radius 3 is 2.79 bits per heavy atom. The van der Waals surface area contributed by atoms with E-state index in [1.54, 1.807) is 0 Å². The van der Waals surface area contributed by atoms with Crippen LogP contribution in [0.2, 0.25) is 0 Å². The van der Waals surface area contributed by atoms with Crippen LogP contribution in [0.25, 0.3) is 0 Å². The molecule has 0 bridgehead atoms. The summed E-state index contributed by atoms with van der Waals surface area (Å²) in [6, 6.07) is 0. The molecule has 2 rings (SSSR count). The Morgan fingerprint density at radius 1 is 1.42 bits per heavy atom. The quantitative estimate of drug-likeness (QED) is 0.900. The summed E-state index contributed by atoms with van der Waals surface area (Å²) in [6.45, 7) is 8.92. The smallest absolute Gasteiger partial charge is 0.144 e. The monoisotopic (exact) mass is 327 g/mol. The van der Waals surface area contributed by atoms with Gasteiger partial charge < -0.3 is 10.1 Å². The van der Waals surface area contributed by atoms with Gasteiger partial charge in [-0.05, 0) is 41.6 Å². The van der Waals surface area contributed by atoms with Crippen LogP contribution in [0.5, 0.6) is 0 Å². The van der Waals surface area contributed by atoms with Crippen molar-refractivity contribution in [3.8, 4) is 0 Å². The van der Waals surface area contributed by atoms with Crippen molar-refractivity contribution in [2.24, 2.45) is 5.92 Å². The zero-order valence-corrected chi connectivity index (χ0v) is 13.5. The van der Waals surface area contributed by atoms with E-state index in [0.717, 1.165) is 54.4 Å². The van der Waals surface area contributed by atoms with Crippen LogP contribution in [0.15, 0.2) is 4.47 Å². The minimum atomic E-state index is 0.344. The summed E-state index contributed by atoms with van der Waals surface area (Å²) < 4.78 is 6.46. The van der Waals surface area contributed by atoms with E-state index in [1.165, 1.54) is 0 Å². The number of halogens is 1. The maximum atomic E-state index is 5.45. The lowest BCUT2D eigenvalue weighted by Gasteiger charge is -2.15. The molecule has 1 aliphatic heterocycles. The highest BCUT2D eigenvalue weighted by Gasteiger charge is 2.23. The number of aromatic nitrogens is 2. The first-order chi connectivity index (χ1) is 9.11. The number of nitrogens with one attached hydrogen (secondary N) is 1. The molecule has 4 nitrogen and oxygen atoms in total. The van der Waals surface area contributed by atoms with E-state index in [2.05, 4.69) is 47.0 Å². The van der Waals surface area contributed by atoms with Crippen LogP contribution in [0.4, 0.5) is 5.82 Å². The lowest BCUT2D eigenvalue weighted by atomic mass is 10.1. The number of nitrogens with zero attached hydrogens (tertiary/aromatic N) is 2. The van der Waals surface area contributed by atoms with Gasteiger partial charge in [-0.15, -0.1) is 0 Å². The molecule has 1 fully saturated rings. The second-order valence-corrected chi connectivity index (χ2v) is 6.17. The Morgan fingerprint density at radius 2 is 2.21 bits per heavy atom. The first-order valence-corrected chi connectivity index (χ1v) is 7.79. The molecule has 2 heterocycles. The highest BCUT2D eigenvalue weighted by Crippen LogP contribution is 2.30. The van der Waals surface area contributed by atoms with Gasteiger partial charge in [-0.2, -0.15) is 0 Å². The molecule has 0 aromatic carbocycles. The van der Waals surface area contributed by atoms with Gasteiger partial charge in [0.25, 0.3) is 0 Å². The summed E-state index contributed by atoms with van der Waals surface area (Å²) in [7, 11) is 0. The van der Waals surface area contributed by atoms with E-state index in [0.29, 0.717) is 11.8 Å². The maximum absolute atomic E-state index is 5.45. The van der Waals surface area contributed by atoms with Gasteiger partial charge in [0.1, 0.15) is 11.6 Å². The van der Waals surface area contributed by atoms with Gasteiger partial charge in [-0.25, -0.2) is 9.97 Å². The van der Waals surface area contributed by atoms with Gasteiger partial charge in [-0.1, -0.05) is 13.8 Å². The minimum Gasteiger partial charge on any atom is -0.381 e. The molecule has 1 aromatic rings. The van der Waals surface area contributed by atoms with E-state index in [-0.39, 0.29) is 0 Å². The molecule has 1 saturated heterocycles. The summed E-state index contributed by atoms with van der Waals surface area (Å²) in [5.41, 5.74) is 1.10. The molecule has 1 aliphatic rings. The fourth-order valence-corrected chi connectivity index (χ4v) is 2.72. The third-order valence-electron chi connectivity index (χ3n) is 3.18. The fraction of sp³-hybridized carbons (Fsp3) is 0.714. The fourth-order valence-electron chi connectivity index (χ4n) is 2.24. The van der Waals surface area contributed by atoms with Crippen LogP contribution in [-0.4, -0.2) is 29.7 Å². The van der Waals surface area contributed by atoms with Crippen LogP contribution >= 0.6 is 15.9 Å². The molecule has 19 heavy (non-hydrogen) atoms. The average molecular weight is 328 g/mol. The molecule has 0 amide bonds. The molecule has 1 atom stereocenters. The van der Waals surface area contributed by atoms with Gasteiger partial charge in [0.15, 0.2) is 0 Å². The molecule has 106 valence electrons. The molecule has 5 heteroatoms. The first-order valence-electron chi connectivity index (χ1n) is 6.99. The second kappa shape index (κ2) is 6.66. The summed E-state index contributed by atoms with van der Waals surface area (Å²) in [4.78, 5) is 9.42. The molecule has 0 saturated carbocycles. The molecule has 1 N–H and O–H groups in total. The average Bonchev–Trinajstić information content (AvgIpc) is 2.87. The summed E-state index contributed by atoms with van der Waals surface area (Å²) in [5.74, 6) is 2.76. The third-order valence-corrected chi connectivity index (χ3v) is 4.01. The largest absolute Gasteiger partial charge is 0.381 e. The molecular weight excluding hydrogens is 306 g/mol. The van der Waals surface area contributed by atoms with Crippen molar-refractivity contribution in [1.29, 1.82) is 0 Å². The topological polar surface area (TPSA) is 47.0 Å². The van der Waals surface area contributed by atoms with Gasteiger partial charge in [0, 0.05) is 19.1 Å². The van der Waals surface area contributed by atoms with Gasteiger partial charge >= 0.3 is 0 Å². The molecule has 1 aromatic heterocycles. The second-order valence-electron chi connectivity index (χ2n) is 5.38. The van der Waals surface area contributed by atoms with E-state index >= 15 is 0 Å². The minimum absolute atomic E-state index is 0.344. The Hall–Kier alpha value is -0.680. The predicted octanol–water partition coefficient (Wildman–Crippen LogP) is 3.37. The van der Waals surface area contributed by atoms with Crippen molar-refractivity contribution in [2.45, 2.75) is 39.5 Å². The maximum Gasteiger partial charge on any atom is 0.144 e. The Balaban J connectivity index is 2.34. The van der Waals surface area contributed by atoms with Crippen molar-refractivity contribution in [3.63, 3.8) is 0 Å². The lowest BCUT2D eigenvalue weighted by molar-refractivity contribution is 0.193. The number of rotatable bonds is 5. The van der Waals surface area contributed by atoms with E-state index in [4.69, 9.17) is 9.72 Å². The highest BCUT2D eigenvalue weighted by atomic mass is 79.9. The molecule has 1 unspecified atom stereocenters. The number of ether oxygens (including phenoxy) is 1. The molecule has 0 radical (unpaired) electrons. The Labute approximate surface area is 123 Å². The van der Waals surface area contributed by atoms with E-state index in [1.807, 2.05) is 0 Å². The predicted molar refractivity (Wildman–Crippen MR) is 80.6 cm³/mol. The van der Waals surface area contributed by atoms with Gasteiger partial charge in [-0.3, -0.25) is 0 Å². The van der Waals surface area contributed by atoms with E-state index < -0.39 is 0 Å². The number of hydrogen-bond donors (Lipinski definition) is 1. The Kier molecular flexibility index (Phi) is 5.16. The SMILES string of the molecule is CCNc1nc(C2CCOC2)nc(CC(C)C)c1Br. The summed E-state index contributed by atoms with van der Waals surface area (Å²) >= 11 is 3.63. The number of hydrogen-bond acceptors (Lipinski definition) is 4. The van der Waals surface area contributed by atoms with Crippen molar-refractivity contribution in [2.75, 3.05) is 25.1 Å². The van der Waals surface area contributed by atoms with Crippen molar-refractivity contribution >= 4 is 21.7 Å². The standard InChI is InChI=1S/C14H22BrN3O/c1-4-16-14-12(15)11(7-9(2)3)17-13(18-14)10-5-6-19-8-10/h9-10H,4-8H2,1-3H3,(H,16,17,18). The van der Waals surface area contributed by atoms with Crippen LogP contribution in [0, 0.1) is 5.92 Å². The van der Waals surface area contributed by atoms with Crippen LogP contribution < -0.4 is 5.32 Å². The molecular formula is C14H22BrN3O. The van der Waals surface area contributed by atoms with Crippen LogP contribution in [-0.2, 0) is 11.2 Å². The first kappa shape index (κ1) is 14.7. The van der Waals surface area contributed by atoms with E-state index in [9.17, 15) is 0 Å². The zero-order chi connectivity index (χ0) is 13.8. The summed E-state index contributed by atoms with van der Waals surface area (Å²) in [6.07, 6.45) is 1.98. The Bertz CT molecular complexity index is 431. The van der Waals surface area contributed by atoms with Crippen LogP contribution in [0.3, 0.4) is 0 Å². The number of anilines is 1. The zero-order valence-electron chi connectivity index (χ0n) is 11.9. The molecule has 0 spiro atoms. The van der Waals surface area contributed by atoms with Crippen molar-refractivity contribution in [3.05, 3.63) is 16.0 Å². The van der Waals surface area contributed by atoms with Gasteiger partial charge in [0.05, 0.1) is 16.8 Å². The normalized spacial score (nSPS) is 19.1. The third kappa shape index (κ3) is 3.66. The highest BCUT2D eigenvalue weighted by molar-refractivity contribution is 9.10. The van der Waals surface area contributed by atoms with Crippen molar-refractivity contribution < 1.29 is 4.74 Å².